The lowest BCUT2D eigenvalue weighted by Gasteiger charge is -2.18. The molecule has 1 aliphatic rings. The van der Waals surface area contributed by atoms with Gasteiger partial charge in [-0.3, -0.25) is 9.78 Å². The first kappa shape index (κ1) is 22.9. The molecular weight excluding hydrogens is 488 g/mol. The van der Waals surface area contributed by atoms with Gasteiger partial charge in [-0.25, -0.2) is 9.49 Å². The van der Waals surface area contributed by atoms with E-state index in [9.17, 15) is 22.4 Å². The highest BCUT2D eigenvalue weighted by atomic mass is 35.5. The summed E-state index contributed by atoms with van der Waals surface area (Å²) in [5.41, 5.74) is -0.136. The molecule has 2 aromatic carbocycles. The van der Waals surface area contributed by atoms with Crippen LogP contribution in [0.3, 0.4) is 0 Å². The molecule has 2 N–H and O–H groups in total. The van der Waals surface area contributed by atoms with Crippen LogP contribution >= 0.6 is 11.6 Å². The molecule has 7 nitrogen and oxygen atoms in total. The van der Waals surface area contributed by atoms with Gasteiger partial charge < -0.3 is 5.32 Å². The largest absolute Gasteiger partial charge is 0.433 e. The molecule has 1 amide bonds. The van der Waals surface area contributed by atoms with Gasteiger partial charge in [0, 0.05) is 28.6 Å². The van der Waals surface area contributed by atoms with Crippen LogP contribution in [0, 0.1) is 5.82 Å². The van der Waals surface area contributed by atoms with Crippen molar-refractivity contribution in [2.45, 2.75) is 24.4 Å². The van der Waals surface area contributed by atoms with E-state index in [-0.39, 0.29) is 16.4 Å². The van der Waals surface area contributed by atoms with Gasteiger partial charge in [0.2, 0.25) is 5.91 Å². The number of pyridine rings is 1. The highest BCUT2D eigenvalue weighted by Gasteiger charge is 2.53. The van der Waals surface area contributed by atoms with Crippen LogP contribution in [0.2, 0.25) is 5.02 Å². The van der Waals surface area contributed by atoms with Crippen LogP contribution in [-0.2, 0) is 16.4 Å². The van der Waals surface area contributed by atoms with Crippen LogP contribution in [0.4, 0.5) is 23.2 Å². The highest BCUT2D eigenvalue weighted by Crippen LogP contribution is 2.50. The quantitative estimate of drug-likeness (QED) is 0.356. The van der Waals surface area contributed by atoms with E-state index in [4.69, 9.17) is 11.6 Å². The molecule has 2 aromatic heterocycles. The third-order valence-corrected chi connectivity index (χ3v) is 6.19. The smallest absolute Gasteiger partial charge is 0.325 e. The first-order valence-electron chi connectivity index (χ1n) is 10.4. The summed E-state index contributed by atoms with van der Waals surface area (Å²) < 4.78 is 53.3. The lowest BCUT2D eigenvalue weighted by atomic mass is 9.94. The van der Waals surface area contributed by atoms with Crippen molar-refractivity contribution in [1.82, 2.24) is 25.6 Å². The van der Waals surface area contributed by atoms with Gasteiger partial charge in [0.1, 0.15) is 11.5 Å². The van der Waals surface area contributed by atoms with Crippen molar-refractivity contribution >= 4 is 23.2 Å². The second-order valence-corrected chi connectivity index (χ2v) is 8.48. The van der Waals surface area contributed by atoms with E-state index in [1.807, 2.05) is 0 Å². The van der Waals surface area contributed by atoms with Crippen molar-refractivity contribution in [2.75, 3.05) is 5.32 Å². The van der Waals surface area contributed by atoms with Crippen molar-refractivity contribution in [3.05, 3.63) is 76.8 Å². The summed E-state index contributed by atoms with van der Waals surface area (Å²) in [6.07, 6.45) is -2.54. The summed E-state index contributed by atoms with van der Waals surface area (Å²) in [6, 6.07) is 11.5. The monoisotopic (exact) mass is 502 g/mol. The maximum atomic E-state index is 14.6. The zero-order chi connectivity index (χ0) is 24.8. The van der Waals surface area contributed by atoms with Gasteiger partial charge in [0.25, 0.3) is 0 Å². The number of rotatable bonds is 5. The molecule has 0 spiro atoms. The van der Waals surface area contributed by atoms with E-state index in [1.165, 1.54) is 12.1 Å². The Labute approximate surface area is 200 Å². The summed E-state index contributed by atoms with van der Waals surface area (Å²) in [7, 11) is 0. The van der Waals surface area contributed by atoms with Crippen LogP contribution in [0.25, 0.3) is 22.5 Å². The number of benzene rings is 2. The Morgan fingerprint density at radius 1 is 1.09 bits per heavy atom. The molecule has 12 heteroatoms. The normalized spacial score (nSPS) is 14.5. The molecule has 5 rings (SSSR count). The Morgan fingerprint density at radius 3 is 2.51 bits per heavy atom. The van der Waals surface area contributed by atoms with Gasteiger partial charge in [0.05, 0.1) is 10.4 Å². The van der Waals surface area contributed by atoms with Gasteiger partial charge in [-0.05, 0) is 53.1 Å². The van der Waals surface area contributed by atoms with E-state index >= 15 is 0 Å². The van der Waals surface area contributed by atoms with E-state index in [2.05, 4.69) is 30.9 Å². The molecule has 2 heterocycles. The maximum absolute atomic E-state index is 14.6. The molecule has 0 bridgehead atoms. The summed E-state index contributed by atoms with van der Waals surface area (Å²) in [5.74, 6) is -0.789. The van der Waals surface area contributed by atoms with Crippen molar-refractivity contribution < 1.29 is 22.4 Å². The Balaban J connectivity index is 1.48. The molecule has 35 heavy (non-hydrogen) atoms. The number of H-pyrrole nitrogens is 1. The third-order valence-electron chi connectivity index (χ3n) is 5.89. The summed E-state index contributed by atoms with van der Waals surface area (Å²) in [6.45, 7) is 0. The molecule has 1 fully saturated rings. The minimum absolute atomic E-state index is 0.0591. The lowest BCUT2D eigenvalue weighted by Crippen LogP contribution is -2.28. The number of nitrogens with one attached hydrogen (secondary N) is 2. The SMILES string of the molecule is O=C(Nc1ccc(-c2ccc(C(F)(F)F)nc2)c(-c2nnn[nH]2)c1)C1(c2cccc(Cl)c2F)CC1. The minimum atomic E-state index is -4.56. The predicted molar refractivity (Wildman–Crippen MR) is 119 cm³/mol. The van der Waals surface area contributed by atoms with Gasteiger partial charge in [-0.15, -0.1) is 5.10 Å². The molecule has 0 atom stereocenters. The first-order chi connectivity index (χ1) is 16.7. The molecule has 1 aliphatic carbocycles. The fourth-order valence-corrected chi connectivity index (χ4v) is 4.11. The van der Waals surface area contributed by atoms with E-state index in [0.717, 1.165) is 12.3 Å². The number of hydrogen-bond acceptors (Lipinski definition) is 5. The number of amides is 1. The van der Waals surface area contributed by atoms with Crippen molar-refractivity contribution in [3.8, 4) is 22.5 Å². The van der Waals surface area contributed by atoms with Crippen LogP contribution in [0.1, 0.15) is 24.1 Å². The third kappa shape index (κ3) is 4.23. The number of aromatic nitrogens is 5. The molecule has 0 unspecified atom stereocenters. The number of hydrogen-bond donors (Lipinski definition) is 2. The van der Waals surface area contributed by atoms with Crippen LogP contribution < -0.4 is 5.32 Å². The summed E-state index contributed by atoms with van der Waals surface area (Å²) in [4.78, 5) is 16.7. The highest BCUT2D eigenvalue weighted by molar-refractivity contribution is 6.30. The van der Waals surface area contributed by atoms with Crippen LogP contribution in [0.15, 0.2) is 54.7 Å². The number of tetrazole rings is 1. The standard InChI is InChI=1S/C23H15ClF4N6O/c24-17-3-1-2-16(19(17)25)22(8-9-22)21(35)30-13-5-6-14(15(10-13)20-31-33-34-32-20)12-4-7-18(29-11-12)23(26,27)28/h1-7,10-11H,8-9H2,(H,30,35)(H,31,32,33,34). The van der Waals surface area contributed by atoms with Gasteiger partial charge >= 0.3 is 6.18 Å². The number of halogens is 5. The zero-order valence-electron chi connectivity index (χ0n) is 17.7. The molecule has 178 valence electrons. The number of carbonyl (C=O) groups is 1. The molecule has 4 aromatic rings. The average molecular weight is 503 g/mol. The number of alkyl halides is 3. The van der Waals surface area contributed by atoms with Gasteiger partial charge in [-0.1, -0.05) is 35.9 Å². The van der Waals surface area contributed by atoms with Crippen molar-refractivity contribution in [2.24, 2.45) is 0 Å². The predicted octanol–water partition coefficient (Wildman–Crippen LogP) is 5.41. The lowest BCUT2D eigenvalue weighted by molar-refractivity contribution is -0.141. The average Bonchev–Trinajstić information content (AvgIpc) is 3.46. The first-order valence-corrected chi connectivity index (χ1v) is 10.7. The maximum Gasteiger partial charge on any atom is 0.433 e. The van der Waals surface area contributed by atoms with E-state index < -0.39 is 29.0 Å². The second kappa shape index (κ2) is 8.42. The second-order valence-electron chi connectivity index (χ2n) is 8.08. The number of carbonyl (C=O) groups excluding carboxylic acids is 1. The minimum Gasteiger partial charge on any atom is -0.325 e. The summed E-state index contributed by atoms with van der Waals surface area (Å²) in [5, 5.41) is 16.3. The van der Waals surface area contributed by atoms with Crippen molar-refractivity contribution in [3.63, 3.8) is 0 Å². The molecule has 0 radical (unpaired) electrons. The zero-order valence-corrected chi connectivity index (χ0v) is 18.5. The van der Waals surface area contributed by atoms with E-state index in [1.54, 1.807) is 30.3 Å². The number of nitrogens with zero attached hydrogens (tertiary/aromatic N) is 4. The van der Waals surface area contributed by atoms with Crippen LogP contribution in [0.5, 0.6) is 0 Å². The molecule has 0 aliphatic heterocycles. The fourth-order valence-electron chi connectivity index (χ4n) is 3.93. The Hall–Kier alpha value is -3.86. The van der Waals surface area contributed by atoms with Crippen LogP contribution in [-0.4, -0.2) is 31.5 Å². The van der Waals surface area contributed by atoms with Crippen molar-refractivity contribution in [1.29, 1.82) is 0 Å². The Morgan fingerprint density at radius 2 is 1.89 bits per heavy atom. The molecular formula is C23H15ClF4N6O. The summed E-state index contributed by atoms with van der Waals surface area (Å²) >= 11 is 5.90. The van der Waals surface area contributed by atoms with Gasteiger partial charge in [-0.2, -0.15) is 13.2 Å². The number of aromatic amines is 1. The Bertz CT molecular complexity index is 1400. The molecule has 1 saturated carbocycles. The molecule has 0 saturated heterocycles. The number of anilines is 1. The fraction of sp³-hybridized carbons (Fsp3) is 0.174. The Kier molecular flexibility index (Phi) is 5.51. The topological polar surface area (TPSA) is 96.5 Å². The van der Waals surface area contributed by atoms with E-state index in [0.29, 0.717) is 35.2 Å². The van der Waals surface area contributed by atoms with Gasteiger partial charge in [0.15, 0.2) is 5.82 Å².